The normalized spacial score (nSPS) is 27.9. The van der Waals surface area contributed by atoms with E-state index in [1.165, 1.54) is 18.4 Å². The lowest BCUT2D eigenvalue weighted by atomic mass is 9.89. The van der Waals surface area contributed by atoms with E-state index in [2.05, 4.69) is 0 Å². The molecule has 5 nitrogen and oxygen atoms in total. The second kappa shape index (κ2) is 4.49. The van der Waals surface area contributed by atoms with Crippen LogP contribution in [0.2, 0.25) is 0 Å². The lowest BCUT2D eigenvalue weighted by Crippen LogP contribution is -2.37. The van der Waals surface area contributed by atoms with Gasteiger partial charge in [-0.1, -0.05) is 0 Å². The van der Waals surface area contributed by atoms with Crippen LogP contribution in [0.1, 0.15) is 25.7 Å². The van der Waals surface area contributed by atoms with Crippen LogP contribution in [0.5, 0.6) is 0 Å². The molecular weight excluding hydrogens is 218 g/mol. The van der Waals surface area contributed by atoms with Crippen LogP contribution in [-0.4, -0.2) is 43.1 Å². The number of carboxylic acids is 1. The molecule has 1 N–H and O–H groups in total. The van der Waals surface area contributed by atoms with Crippen LogP contribution in [0.4, 0.5) is 0 Å². The topological polar surface area (TPSA) is 74.7 Å². The van der Waals surface area contributed by atoms with E-state index in [9.17, 15) is 13.2 Å². The molecular formula is C9H17NO4S. The van der Waals surface area contributed by atoms with Gasteiger partial charge in [-0.3, -0.25) is 4.79 Å². The molecule has 15 heavy (non-hydrogen) atoms. The Balaban J connectivity index is 2.62. The highest BCUT2D eigenvalue weighted by Crippen LogP contribution is 2.29. The third-order valence-electron chi connectivity index (χ3n) is 2.95. The summed E-state index contributed by atoms with van der Waals surface area (Å²) >= 11 is 0. The molecule has 0 bridgehead atoms. The molecule has 1 saturated carbocycles. The lowest BCUT2D eigenvalue weighted by Gasteiger charge is -2.27. The van der Waals surface area contributed by atoms with Gasteiger partial charge in [0, 0.05) is 14.1 Å². The van der Waals surface area contributed by atoms with Gasteiger partial charge >= 0.3 is 5.97 Å². The largest absolute Gasteiger partial charge is 0.481 e. The molecule has 88 valence electrons. The molecule has 0 aromatic heterocycles. The Bertz CT molecular complexity index is 328. The highest BCUT2D eigenvalue weighted by Gasteiger charge is 2.34. The summed E-state index contributed by atoms with van der Waals surface area (Å²) in [5.74, 6) is -1.17. The second-order valence-electron chi connectivity index (χ2n) is 4.14. The molecule has 1 aliphatic rings. The number of carbonyl (C=O) groups is 1. The van der Waals surface area contributed by atoms with Crippen molar-refractivity contribution in [2.75, 3.05) is 14.1 Å². The van der Waals surface area contributed by atoms with Gasteiger partial charge in [0.2, 0.25) is 10.0 Å². The highest BCUT2D eigenvalue weighted by atomic mass is 32.2. The third kappa shape index (κ3) is 2.69. The van der Waals surface area contributed by atoms with Gasteiger partial charge in [-0.2, -0.15) is 0 Å². The SMILES string of the molecule is CN(C)S(=O)(=O)C1CCC(C(=O)O)CC1. The van der Waals surface area contributed by atoms with E-state index in [0.717, 1.165) is 0 Å². The van der Waals surface area contributed by atoms with Gasteiger partial charge in [0.15, 0.2) is 0 Å². The van der Waals surface area contributed by atoms with E-state index in [-0.39, 0.29) is 5.92 Å². The number of carboxylic acid groups (broad SMARTS) is 1. The van der Waals surface area contributed by atoms with E-state index in [4.69, 9.17) is 5.11 Å². The predicted molar refractivity (Wildman–Crippen MR) is 56.0 cm³/mol. The zero-order chi connectivity index (χ0) is 11.6. The minimum Gasteiger partial charge on any atom is -0.481 e. The highest BCUT2D eigenvalue weighted by molar-refractivity contribution is 7.89. The molecule has 0 amide bonds. The Morgan fingerprint density at radius 1 is 1.20 bits per heavy atom. The molecule has 1 rings (SSSR count). The van der Waals surface area contributed by atoms with Crippen LogP contribution in [0.15, 0.2) is 0 Å². The minimum atomic E-state index is -3.21. The third-order valence-corrected chi connectivity index (χ3v) is 5.29. The van der Waals surface area contributed by atoms with E-state index in [1.807, 2.05) is 0 Å². The quantitative estimate of drug-likeness (QED) is 0.774. The lowest BCUT2D eigenvalue weighted by molar-refractivity contribution is -0.142. The fraction of sp³-hybridized carbons (Fsp3) is 0.889. The maximum atomic E-state index is 11.7. The number of nitrogens with zero attached hydrogens (tertiary/aromatic N) is 1. The Hall–Kier alpha value is -0.620. The van der Waals surface area contributed by atoms with Crippen molar-refractivity contribution in [3.63, 3.8) is 0 Å². The molecule has 1 fully saturated rings. The average molecular weight is 235 g/mol. The van der Waals surface area contributed by atoms with Crippen molar-refractivity contribution in [2.45, 2.75) is 30.9 Å². The van der Waals surface area contributed by atoms with Crippen molar-refractivity contribution in [1.82, 2.24) is 4.31 Å². The van der Waals surface area contributed by atoms with Crippen molar-refractivity contribution in [2.24, 2.45) is 5.92 Å². The van der Waals surface area contributed by atoms with Crippen molar-refractivity contribution in [3.8, 4) is 0 Å². The maximum absolute atomic E-state index is 11.7. The van der Waals surface area contributed by atoms with Crippen molar-refractivity contribution in [1.29, 1.82) is 0 Å². The summed E-state index contributed by atoms with van der Waals surface area (Å²) < 4.78 is 24.7. The van der Waals surface area contributed by atoms with E-state index >= 15 is 0 Å². The van der Waals surface area contributed by atoms with Crippen molar-refractivity contribution >= 4 is 16.0 Å². The van der Waals surface area contributed by atoms with Crippen LogP contribution in [0.25, 0.3) is 0 Å². The molecule has 0 aromatic carbocycles. The average Bonchev–Trinajstić information content (AvgIpc) is 2.17. The van der Waals surface area contributed by atoms with Crippen molar-refractivity contribution < 1.29 is 18.3 Å². The number of hydrogen-bond acceptors (Lipinski definition) is 3. The summed E-state index contributed by atoms with van der Waals surface area (Å²) in [6.45, 7) is 0. The fourth-order valence-corrected chi connectivity index (χ4v) is 3.37. The molecule has 0 radical (unpaired) electrons. The molecule has 6 heteroatoms. The number of hydrogen-bond donors (Lipinski definition) is 1. The summed E-state index contributed by atoms with van der Waals surface area (Å²) in [5, 5.41) is 8.38. The van der Waals surface area contributed by atoms with Gasteiger partial charge in [-0.05, 0) is 25.7 Å². The molecule has 0 saturated heterocycles. The van der Waals surface area contributed by atoms with Gasteiger partial charge < -0.3 is 5.11 Å². The number of aliphatic carboxylic acids is 1. The summed E-state index contributed by atoms with van der Waals surface area (Å²) in [6, 6.07) is 0. The van der Waals surface area contributed by atoms with E-state index in [0.29, 0.717) is 25.7 Å². The summed E-state index contributed by atoms with van der Waals surface area (Å²) in [7, 11) is -0.184. The first-order chi connectivity index (χ1) is 6.85. The standard InChI is InChI=1S/C9H17NO4S/c1-10(2)15(13,14)8-5-3-7(4-6-8)9(11)12/h7-8H,3-6H2,1-2H3,(H,11,12). The zero-order valence-electron chi connectivity index (χ0n) is 9.01. The Kier molecular flexibility index (Phi) is 3.72. The Morgan fingerprint density at radius 2 is 1.67 bits per heavy atom. The molecule has 0 atom stereocenters. The van der Waals surface area contributed by atoms with Gasteiger partial charge in [-0.15, -0.1) is 0 Å². The molecule has 0 aliphatic heterocycles. The zero-order valence-corrected chi connectivity index (χ0v) is 9.83. The molecule has 1 aliphatic carbocycles. The molecule has 0 heterocycles. The number of sulfonamides is 1. The number of rotatable bonds is 3. The van der Waals surface area contributed by atoms with Crippen LogP contribution in [-0.2, 0) is 14.8 Å². The Labute approximate surface area is 90.1 Å². The first-order valence-corrected chi connectivity index (χ1v) is 6.50. The maximum Gasteiger partial charge on any atom is 0.306 e. The smallest absolute Gasteiger partial charge is 0.306 e. The van der Waals surface area contributed by atoms with Crippen LogP contribution >= 0.6 is 0 Å². The van der Waals surface area contributed by atoms with Crippen LogP contribution in [0.3, 0.4) is 0 Å². The van der Waals surface area contributed by atoms with Gasteiger partial charge in [-0.25, -0.2) is 12.7 Å². The van der Waals surface area contributed by atoms with Crippen LogP contribution in [0, 0.1) is 5.92 Å². The summed E-state index contributed by atoms with van der Waals surface area (Å²) in [5.41, 5.74) is 0. The molecule has 0 aromatic rings. The van der Waals surface area contributed by atoms with Crippen LogP contribution < -0.4 is 0 Å². The Morgan fingerprint density at radius 3 is 2.00 bits per heavy atom. The van der Waals surface area contributed by atoms with Crippen molar-refractivity contribution in [3.05, 3.63) is 0 Å². The second-order valence-corrected chi connectivity index (χ2v) is 6.57. The summed E-state index contributed by atoms with van der Waals surface area (Å²) in [6.07, 6.45) is 1.84. The summed E-state index contributed by atoms with van der Waals surface area (Å²) in [4.78, 5) is 10.7. The van der Waals surface area contributed by atoms with Gasteiger partial charge in [0.05, 0.1) is 11.2 Å². The van der Waals surface area contributed by atoms with Gasteiger partial charge in [0.1, 0.15) is 0 Å². The monoisotopic (exact) mass is 235 g/mol. The molecule has 0 unspecified atom stereocenters. The van der Waals surface area contributed by atoms with Gasteiger partial charge in [0.25, 0.3) is 0 Å². The van der Waals surface area contributed by atoms with E-state index < -0.39 is 21.2 Å². The minimum absolute atomic E-state index is 0.362. The molecule has 0 spiro atoms. The first kappa shape index (κ1) is 12.4. The first-order valence-electron chi connectivity index (χ1n) is 5.00. The fourth-order valence-electron chi connectivity index (χ4n) is 1.91. The van der Waals surface area contributed by atoms with E-state index in [1.54, 1.807) is 0 Å². The predicted octanol–water partition coefficient (Wildman–Crippen LogP) is 0.521.